The number of para-hydroxylation sites is 2. The molecular formula is C23H20ClN5O4. The maximum atomic E-state index is 13.7. The van der Waals surface area contributed by atoms with Crippen molar-refractivity contribution in [2.45, 2.75) is 12.6 Å². The van der Waals surface area contributed by atoms with Crippen LogP contribution in [0.5, 0.6) is 5.75 Å². The quantitative estimate of drug-likeness (QED) is 0.433. The summed E-state index contributed by atoms with van der Waals surface area (Å²) >= 11 is 6.35. The predicted octanol–water partition coefficient (Wildman–Crippen LogP) is 2.25. The van der Waals surface area contributed by atoms with Crippen LogP contribution in [0.4, 0.5) is 5.69 Å². The minimum Gasteiger partial charge on any atom is -0.489 e. The number of ether oxygens (including phenoxy) is 1. The Hall–Kier alpha value is -3.85. The van der Waals surface area contributed by atoms with Crippen LogP contribution in [0, 0.1) is 0 Å². The van der Waals surface area contributed by atoms with Gasteiger partial charge in [-0.05, 0) is 29.3 Å². The van der Waals surface area contributed by atoms with E-state index in [4.69, 9.17) is 16.3 Å². The van der Waals surface area contributed by atoms with E-state index in [2.05, 4.69) is 4.98 Å². The van der Waals surface area contributed by atoms with Crippen molar-refractivity contribution in [3.63, 3.8) is 0 Å². The first kappa shape index (κ1) is 21.0. The summed E-state index contributed by atoms with van der Waals surface area (Å²) in [5, 5.41) is -0.0468. The highest BCUT2D eigenvalue weighted by atomic mass is 35.5. The second kappa shape index (κ2) is 7.93. The van der Waals surface area contributed by atoms with Crippen molar-refractivity contribution in [1.82, 2.24) is 18.7 Å². The van der Waals surface area contributed by atoms with Gasteiger partial charge in [-0.25, -0.2) is 4.79 Å². The average molecular weight is 466 g/mol. The Morgan fingerprint density at radius 3 is 2.52 bits per heavy atom. The molecule has 1 aliphatic heterocycles. The first-order valence-corrected chi connectivity index (χ1v) is 10.7. The number of carbonyl (C=O) groups is 1. The molecular weight excluding hydrogens is 446 g/mol. The fourth-order valence-corrected chi connectivity index (χ4v) is 4.42. The summed E-state index contributed by atoms with van der Waals surface area (Å²) in [5.74, 6) is 0.301. The van der Waals surface area contributed by atoms with Gasteiger partial charge >= 0.3 is 5.69 Å². The van der Waals surface area contributed by atoms with E-state index in [1.807, 2.05) is 54.6 Å². The number of aromatic nitrogens is 4. The van der Waals surface area contributed by atoms with Crippen LogP contribution in [0.2, 0.25) is 5.28 Å². The fourth-order valence-electron chi connectivity index (χ4n) is 4.19. The second-order valence-electron chi connectivity index (χ2n) is 7.81. The third kappa shape index (κ3) is 3.32. The van der Waals surface area contributed by atoms with Crippen LogP contribution in [-0.4, -0.2) is 31.2 Å². The molecule has 0 N–H and O–H groups in total. The van der Waals surface area contributed by atoms with Crippen LogP contribution in [0.15, 0.2) is 64.2 Å². The summed E-state index contributed by atoms with van der Waals surface area (Å²) in [6, 6.07) is 16.5. The Balaban J connectivity index is 1.63. The van der Waals surface area contributed by atoms with Gasteiger partial charge in [0.15, 0.2) is 11.2 Å². The van der Waals surface area contributed by atoms with Crippen LogP contribution < -0.4 is 20.9 Å². The maximum Gasteiger partial charge on any atom is 0.332 e. The lowest BCUT2D eigenvalue weighted by Crippen LogP contribution is -2.43. The molecule has 1 aliphatic rings. The minimum absolute atomic E-state index is 0.0468. The number of benzene rings is 2. The first-order valence-electron chi connectivity index (χ1n) is 10.3. The van der Waals surface area contributed by atoms with Gasteiger partial charge in [-0.3, -0.25) is 28.2 Å². The monoisotopic (exact) mass is 465 g/mol. The third-order valence-electron chi connectivity index (χ3n) is 5.88. The Bertz CT molecular complexity index is 1510. The van der Waals surface area contributed by atoms with Gasteiger partial charge < -0.3 is 4.74 Å². The van der Waals surface area contributed by atoms with Crippen molar-refractivity contribution < 1.29 is 9.53 Å². The number of carbonyl (C=O) groups excluding carboxylic acids is 1. The SMILES string of the molecule is Cn1c(=O)c2c(nc(Cl)n2CC(=O)N2c3ccccc3OC[C@@H]2c2ccccc2)n(C)c1=O. The average Bonchev–Trinajstić information content (AvgIpc) is 3.17. The van der Waals surface area contributed by atoms with Gasteiger partial charge in [0.2, 0.25) is 11.2 Å². The molecule has 1 amide bonds. The summed E-state index contributed by atoms with van der Waals surface area (Å²) in [7, 11) is 2.88. The number of halogens is 1. The predicted molar refractivity (Wildman–Crippen MR) is 124 cm³/mol. The third-order valence-corrected chi connectivity index (χ3v) is 6.17. The Kier molecular flexibility index (Phi) is 5.05. The van der Waals surface area contributed by atoms with Crippen molar-refractivity contribution in [1.29, 1.82) is 0 Å². The number of nitrogens with zero attached hydrogens (tertiary/aromatic N) is 5. The van der Waals surface area contributed by atoms with Crippen molar-refractivity contribution in [3.8, 4) is 5.75 Å². The number of rotatable bonds is 3. The minimum atomic E-state index is -0.567. The molecule has 0 aliphatic carbocycles. The zero-order valence-electron chi connectivity index (χ0n) is 17.9. The highest BCUT2D eigenvalue weighted by molar-refractivity contribution is 6.29. The Morgan fingerprint density at radius 2 is 1.76 bits per heavy atom. The molecule has 0 fully saturated rings. The molecule has 0 saturated carbocycles. The van der Waals surface area contributed by atoms with E-state index in [0.717, 1.165) is 10.1 Å². The van der Waals surface area contributed by atoms with E-state index in [0.29, 0.717) is 11.4 Å². The van der Waals surface area contributed by atoms with Gasteiger partial charge in [-0.1, -0.05) is 42.5 Å². The van der Waals surface area contributed by atoms with Crippen LogP contribution in [0.1, 0.15) is 11.6 Å². The van der Waals surface area contributed by atoms with Gasteiger partial charge in [-0.15, -0.1) is 0 Å². The molecule has 2 aromatic carbocycles. The molecule has 3 heterocycles. The molecule has 0 unspecified atom stereocenters. The van der Waals surface area contributed by atoms with E-state index in [-0.39, 0.29) is 41.5 Å². The topological polar surface area (TPSA) is 91.4 Å². The van der Waals surface area contributed by atoms with E-state index >= 15 is 0 Å². The van der Waals surface area contributed by atoms with E-state index in [9.17, 15) is 14.4 Å². The molecule has 4 aromatic rings. The maximum absolute atomic E-state index is 13.7. The number of anilines is 1. The smallest absolute Gasteiger partial charge is 0.332 e. The molecule has 0 bridgehead atoms. The summed E-state index contributed by atoms with van der Waals surface area (Å²) in [4.78, 5) is 44.7. The standard InChI is InChI=1S/C23H20ClN5O4/c1-26-20-19(21(31)27(2)23(26)32)28(22(24)25-20)12-18(30)29-15-10-6-7-11-17(15)33-13-16(29)14-8-4-3-5-9-14/h3-11,16H,12-13H2,1-2H3/t16-/m1/s1. The van der Waals surface area contributed by atoms with Gasteiger partial charge in [0.25, 0.3) is 5.56 Å². The number of hydrogen-bond acceptors (Lipinski definition) is 5. The number of hydrogen-bond donors (Lipinski definition) is 0. The lowest BCUT2D eigenvalue weighted by atomic mass is 10.0. The molecule has 0 radical (unpaired) electrons. The van der Waals surface area contributed by atoms with Gasteiger partial charge in [-0.2, -0.15) is 4.98 Å². The van der Waals surface area contributed by atoms with Crippen LogP contribution in [0.3, 0.4) is 0 Å². The van der Waals surface area contributed by atoms with Gasteiger partial charge in [0.1, 0.15) is 18.9 Å². The summed E-state index contributed by atoms with van der Waals surface area (Å²) in [6.45, 7) is 0.0435. The fraction of sp³-hybridized carbons (Fsp3) is 0.217. The highest BCUT2D eigenvalue weighted by Crippen LogP contribution is 2.39. The second-order valence-corrected chi connectivity index (χ2v) is 8.15. The molecule has 10 heteroatoms. The lowest BCUT2D eigenvalue weighted by molar-refractivity contribution is -0.120. The van der Waals surface area contributed by atoms with Crippen LogP contribution in [0.25, 0.3) is 11.2 Å². The van der Waals surface area contributed by atoms with Crippen LogP contribution in [-0.2, 0) is 25.4 Å². The van der Waals surface area contributed by atoms with E-state index < -0.39 is 11.2 Å². The van der Waals surface area contributed by atoms with Crippen molar-refractivity contribution in [3.05, 3.63) is 86.3 Å². The summed E-state index contributed by atoms with van der Waals surface area (Å²) in [6.07, 6.45) is 0. The number of imidazole rings is 1. The first-order chi connectivity index (χ1) is 15.9. The Morgan fingerprint density at radius 1 is 1.06 bits per heavy atom. The number of amides is 1. The summed E-state index contributed by atoms with van der Waals surface area (Å²) < 4.78 is 9.49. The van der Waals surface area contributed by atoms with Gasteiger partial charge in [0, 0.05) is 14.1 Å². The van der Waals surface area contributed by atoms with Gasteiger partial charge in [0.05, 0.1) is 11.7 Å². The van der Waals surface area contributed by atoms with Crippen molar-refractivity contribution in [2.75, 3.05) is 11.5 Å². The number of fused-ring (bicyclic) bond motifs is 2. The van der Waals surface area contributed by atoms with Crippen LogP contribution >= 0.6 is 11.6 Å². The molecule has 5 rings (SSSR count). The zero-order valence-corrected chi connectivity index (χ0v) is 18.7. The molecule has 9 nitrogen and oxygen atoms in total. The van der Waals surface area contributed by atoms with E-state index in [1.54, 1.807) is 4.90 Å². The molecule has 0 spiro atoms. The highest BCUT2D eigenvalue weighted by Gasteiger charge is 2.34. The molecule has 0 saturated heterocycles. The molecule has 2 aromatic heterocycles. The van der Waals surface area contributed by atoms with E-state index in [1.165, 1.54) is 23.2 Å². The molecule has 1 atom stereocenters. The van der Waals surface area contributed by atoms with Crippen molar-refractivity contribution in [2.24, 2.45) is 14.1 Å². The Labute approximate surface area is 193 Å². The summed E-state index contributed by atoms with van der Waals surface area (Å²) in [5.41, 5.74) is 0.677. The largest absolute Gasteiger partial charge is 0.489 e. The number of aryl methyl sites for hydroxylation is 1. The lowest BCUT2D eigenvalue weighted by Gasteiger charge is -2.37. The zero-order chi connectivity index (χ0) is 23.3. The molecule has 168 valence electrons. The molecule has 33 heavy (non-hydrogen) atoms. The van der Waals surface area contributed by atoms with Crippen molar-refractivity contribution >= 4 is 34.4 Å². The normalized spacial score (nSPS) is 15.4.